The number of aromatic amines is 1. The Morgan fingerprint density at radius 3 is 2.58 bits per heavy atom. The first-order chi connectivity index (χ1) is 17.7. The average Bonchev–Trinajstić information content (AvgIpc) is 3.55. The molecule has 0 radical (unpaired) electrons. The minimum absolute atomic E-state index is 0.334. The highest BCUT2D eigenvalue weighted by Crippen LogP contribution is 2.47. The van der Waals surface area contributed by atoms with E-state index in [0.29, 0.717) is 17.5 Å². The lowest BCUT2D eigenvalue weighted by Crippen LogP contribution is -2.15. The van der Waals surface area contributed by atoms with Gasteiger partial charge >= 0.3 is 0 Å². The lowest BCUT2D eigenvalue weighted by molar-refractivity contribution is 0.401. The molecule has 0 spiro atoms. The predicted molar refractivity (Wildman–Crippen MR) is 143 cm³/mol. The number of hydrogen-bond acceptors (Lipinski definition) is 4. The first-order valence-corrected chi connectivity index (χ1v) is 12.4. The van der Waals surface area contributed by atoms with Crippen LogP contribution in [0.5, 0.6) is 0 Å². The summed E-state index contributed by atoms with van der Waals surface area (Å²) in [6.45, 7) is 0.513. The lowest BCUT2D eigenvalue weighted by atomic mass is 9.72. The van der Waals surface area contributed by atoms with E-state index in [9.17, 15) is 4.39 Å². The Morgan fingerprint density at radius 2 is 1.86 bits per heavy atom. The maximum Gasteiger partial charge on any atom is 0.124 e. The van der Waals surface area contributed by atoms with E-state index in [4.69, 9.17) is 11.6 Å². The fraction of sp³-hybridized carbons (Fsp3) is 0.172. The summed E-state index contributed by atoms with van der Waals surface area (Å²) in [5.41, 5.74) is 8.16. The Labute approximate surface area is 213 Å². The van der Waals surface area contributed by atoms with Gasteiger partial charge in [0.2, 0.25) is 0 Å². The first-order valence-electron chi connectivity index (χ1n) is 12.0. The van der Waals surface area contributed by atoms with Gasteiger partial charge in [-0.2, -0.15) is 10.2 Å². The van der Waals surface area contributed by atoms with E-state index < -0.39 is 0 Å². The standard InChI is InChI=1S/C29H23ClFN5/c30-26-15-21(31)12-14-24(26)29(19-3-1-4-19)28(23-5-2-6-27-25(23)17-32-35-27)20-10-7-18(8-11-20)9-13-22-16-33-36-34-22/h2,5-15,17,19H,1,3-4,16H2,(H,32,35)/b13-9+,29-28+. The number of nitrogens with one attached hydrogen (secondary N) is 1. The second-order valence-electron chi connectivity index (χ2n) is 9.11. The van der Waals surface area contributed by atoms with Crippen LogP contribution >= 0.6 is 11.6 Å². The van der Waals surface area contributed by atoms with Crippen LogP contribution in [-0.4, -0.2) is 22.5 Å². The van der Waals surface area contributed by atoms with Crippen LogP contribution in [0.2, 0.25) is 5.02 Å². The molecule has 1 aliphatic heterocycles. The van der Waals surface area contributed by atoms with Gasteiger partial charge in [-0.3, -0.25) is 5.10 Å². The van der Waals surface area contributed by atoms with Crippen LogP contribution in [0.3, 0.4) is 0 Å². The summed E-state index contributed by atoms with van der Waals surface area (Å²) in [5, 5.41) is 20.4. The molecule has 1 saturated carbocycles. The minimum Gasteiger partial charge on any atom is -0.278 e. The highest BCUT2D eigenvalue weighted by molar-refractivity contribution is 6.33. The number of H-pyrrole nitrogens is 1. The quantitative estimate of drug-likeness (QED) is 0.271. The number of rotatable bonds is 6. The molecule has 0 amide bonds. The van der Waals surface area contributed by atoms with Crippen molar-refractivity contribution in [3.63, 3.8) is 0 Å². The largest absolute Gasteiger partial charge is 0.278 e. The number of nitrogens with zero attached hydrogens (tertiary/aromatic N) is 4. The van der Waals surface area contributed by atoms with Gasteiger partial charge in [0.05, 0.1) is 22.4 Å². The number of halogens is 2. The molecule has 2 aliphatic rings. The molecule has 4 aromatic rings. The normalized spacial score (nSPS) is 16.4. The van der Waals surface area contributed by atoms with Crippen LogP contribution in [0.15, 0.2) is 88.4 Å². The number of aromatic nitrogens is 2. The second-order valence-corrected chi connectivity index (χ2v) is 9.52. The molecule has 0 atom stereocenters. The molecule has 5 nitrogen and oxygen atoms in total. The number of fused-ring (bicyclic) bond motifs is 1. The molecule has 1 fully saturated rings. The van der Waals surface area contributed by atoms with E-state index in [-0.39, 0.29) is 5.82 Å². The van der Waals surface area contributed by atoms with Crippen LogP contribution in [0.4, 0.5) is 4.39 Å². The highest BCUT2D eigenvalue weighted by Gasteiger charge is 2.29. The summed E-state index contributed by atoms with van der Waals surface area (Å²) < 4.78 is 14.0. The summed E-state index contributed by atoms with van der Waals surface area (Å²) in [7, 11) is 0. The van der Waals surface area contributed by atoms with Crippen LogP contribution in [0.25, 0.3) is 28.1 Å². The van der Waals surface area contributed by atoms with E-state index in [1.165, 1.54) is 18.6 Å². The smallest absolute Gasteiger partial charge is 0.124 e. The topological polar surface area (TPSA) is 65.8 Å². The minimum atomic E-state index is -0.334. The maximum atomic E-state index is 14.0. The third kappa shape index (κ3) is 4.29. The molecule has 1 aliphatic carbocycles. The summed E-state index contributed by atoms with van der Waals surface area (Å²) in [6.07, 6.45) is 9.14. The molecule has 0 unspecified atom stereocenters. The van der Waals surface area contributed by atoms with Crippen molar-refractivity contribution in [1.82, 2.24) is 10.2 Å². The van der Waals surface area contributed by atoms with Gasteiger partial charge < -0.3 is 0 Å². The molecule has 7 heteroatoms. The fourth-order valence-electron chi connectivity index (χ4n) is 4.87. The van der Waals surface area contributed by atoms with Crippen LogP contribution in [0.1, 0.15) is 41.5 Å². The molecule has 178 valence electrons. The first kappa shape index (κ1) is 22.6. The Morgan fingerprint density at radius 1 is 1.00 bits per heavy atom. The molecule has 3 aromatic carbocycles. The van der Waals surface area contributed by atoms with Gasteiger partial charge in [0.15, 0.2) is 0 Å². The van der Waals surface area contributed by atoms with Gasteiger partial charge in [0, 0.05) is 5.39 Å². The highest BCUT2D eigenvalue weighted by atomic mass is 35.5. The number of hydrogen-bond donors (Lipinski definition) is 1. The molecule has 2 heterocycles. The molecular weight excluding hydrogens is 473 g/mol. The molecular formula is C29H23ClFN5. The van der Waals surface area contributed by atoms with Gasteiger partial charge in [-0.1, -0.05) is 66.6 Å². The van der Waals surface area contributed by atoms with Crippen LogP contribution < -0.4 is 0 Å². The Hall–Kier alpha value is -3.90. The van der Waals surface area contributed by atoms with Crippen molar-refractivity contribution in [3.8, 4) is 0 Å². The van der Waals surface area contributed by atoms with E-state index in [1.807, 2.05) is 36.5 Å². The van der Waals surface area contributed by atoms with Gasteiger partial charge in [-0.05, 0) is 81.7 Å². The molecule has 0 saturated heterocycles. The van der Waals surface area contributed by atoms with E-state index in [0.717, 1.165) is 62.9 Å². The van der Waals surface area contributed by atoms with Gasteiger partial charge in [0.25, 0.3) is 0 Å². The van der Waals surface area contributed by atoms with E-state index in [1.54, 1.807) is 0 Å². The zero-order chi connectivity index (χ0) is 24.5. The van der Waals surface area contributed by atoms with E-state index >= 15 is 0 Å². The summed E-state index contributed by atoms with van der Waals surface area (Å²) in [5.74, 6) is 0.0105. The fourth-order valence-corrected chi connectivity index (χ4v) is 5.14. The SMILES string of the molecule is Fc1ccc(/C(=C(\c2ccc(/C=C/C3=NN=NC3)cc2)c2cccc3[nH]ncc23)C2CCC2)c(Cl)c1. The molecule has 6 rings (SSSR count). The van der Waals surface area contributed by atoms with Gasteiger partial charge in [-0.15, -0.1) is 5.10 Å². The van der Waals surface area contributed by atoms with Crippen molar-refractivity contribution in [2.45, 2.75) is 19.3 Å². The van der Waals surface area contributed by atoms with Crippen molar-refractivity contribution in [1.29, 1.82) is 0 Å². The van der Waals surface area contributed by atoms with Crippen molar-refractivity contribution < 1.29 is 4.39 Å². The van der Waals surface area contributed by atoms with Gasteiger partial charge in [-0.25, -0.2) is 4.39 Å². The van der Waals surface area contributed by atoms with E-state index in [2.05, 4.69) is 56.0 Å². The third-order valence-electron chi connectivity index (χ3n) is 6.89. The Bertz CT molecular complexity index is 1560. The van der Waals surface area contributed by atoms with Crippen LogP contribution in [0, 0.1) is 11.7 Å². The number of allylic oxidation sites excluding steroid dienone is 1. The zero-order valence-electron chi connectivity index (χ0n) is 19.5. The van der Waals surface area contributed by atoms with Crippen molar-refractivity contribution in [2.24, 2.45) is 21.4 Å². The molecule has 1 N–H and O–H groups in total. The second kappa shape index (κ2) is 9.63. The maximum absolute atomic E-state index is 14.0. The number of benzene rings is 3. The molecule has 1 aromatic heterocycles. The Balaban J connectivity index is 1.54. The van der Waals surface area contributed by atoms with Crippen molar-refractivity contribution in [2.75, 3.05) is 6.54 Å². The summed E-state index contributed by atoms with van der Waals surface area (Å²) >= 11 is 6.67. The van der Waals surface area contributed by atoms with Crippen LogP contribution in [-0.2, 0) is 0 Å². The lowest BCUT2D eigenvalue weighted by Gasteiger charge is -2.32. The summed E-state index contributed by atoms with van der Waals surface area (Å²) in [6, 6.07) is 19.4. The average molecular weight is 496 g/mol. The molecule has 36 heavy (non-hydrogen) atoms. The van der Waals surface area contributed by atoms with Gasteiger partial charge in [0.1, 0.15) is 12.4 Å². The zero-order valence-corrected chi connectivity index (χ0v) is 20.2. The van der Waals surface area contributed by atoms with Crippen molar-refractivity contribution >= 4 is 45.4 Å². The Kier molecular flexibility index (Phi) is 6.03. The molecule has 0 bridgehead atoms. The van der Waals surface area contributed by atoms with Crippen molar-refractivity contribution in [3.05, 3.63) is 106 Å². The summed E-state index contributed by atoms with van der Waals surface area (Å²) in [4.78, 5) is 0. The predicted octanol–water partition coefficient (Wildman–Crippen LogP) is 7.95. The monoisotopic (exact) mass is 495 g/mol. The third-order valence-corrected chi connectivity index (χ3v) is 7.21.